The highest BCUT2D eigenvalue weighted by atomic mass is 35.5. The Morgan fingerprint density at radius 2 is 2.24 bits per heavy atom. The first-order valence-corrected chi connectivity index (χ1v) is 7.66. The fourth-order valence-electron chi connectivity index (χ4n) is 2.01. The van der Waals surface area contributed by atoms with Gasteiger partial charge in [0.25, 0.3) is 0 Å². The molecule has 1 fully saturated rings. The lowest BCUT2D eigenvalue weighted by atomic mass is 9.85. The molecule has 0 aliphatic heterocycles. The summed E-state index contributed by atoms with van der Waals surface area (Å²) in [6, 6.07) is 1.86. The second kappa shape index (κ2) is 5.91. The van der Waals surface area contributed by atoms with Gasteiger partial charge in [-0.15, -0.1) is 0 Å². The van der Waals surface area contributed by atoms with E-state index >= 15 is 0 Å². The highest BCUT2D eigenvalue weighted by molar-refractivity contribution is 7.98. The quantitative estimate of drug-likeness (QED) is 0.466. The molecule has 1 aliphatic rings. The van der Waals surface area contributed by atoms with Crippen LogP contribution in [0.3, 0.4) is 0 Å². The van der Waals surface area contributed by atoms with Crippen molar-refractivity contribution in [3.05, 3.63) is 11.2 Å². The van der Waals surface area contributed by atoms with E-state index in [1.54, 1.807) is 0 Å². The van der Waals surface area contributed by atoms with Gasteiger partial charge in [0.15, 0.2) is 5.16 Å². The van der Waals surface area contributed by atoms with Gasteiger partial charge in [-0.25, -0.2) is 9.97 Å². The van der Waals surface area contributed by atoms with Gasteiger partial charge in [0.05, 0.1) is 0 Å². The van der Waals surface area contributed by atoms with Crippen molar-refractivity contribution in [3.63, 3.8) is 0 Å². The van der Waals surface area contributed by atoms with Gasteiger partial charge in [-0.1, -0.05) is 29.8 Å². The maximum atomic E-state index is 6.02. The lowest BCUT2D eigenvalue weighted by Crippen LogP contribution is -2.33. The van der Waals surface area contributed by atoms with Gasteiger partial charge in [-0.3, -0.25) is 0 Å². The molecule has 0 radical (unpaired) electrons. The third-order valence-electron chi connectivity index (χ3n) is 3.25. The number of halogens is 1. The molecular weight excluding hydrogens is 254 g/mol. The second-order valence-corrected chi connectivity index (χ2v) is 5.53. The molecule has 17 heavy (non-hydrogen) atoms. The van der Waals surface area contributed by atoms with E-state index in [4.69, 9.17) is 11.6 Å². The first-order chi connectivity index (χ1) is 8.22. The van der Waals surface area contributed by atoms with Crippen LogP contribution < -0.4 is 4.90 Å². The lowest BCUT2D eigenvalue weighted by Gasteiger charge is -2.32. The van der Waals surface area contributed by atoms with Crippen LogP contribution in [0.15, 0.2) is 11.2 Å². The minimum Gasteiger partial charge on any atom is -0.356 e. The summed E-state index contributed by atoms with van der Waals surface area (Å²) in [5.41, 5.74) is 0. The Hall–Kier alpha value is -0.480. The van der Waals surface area contributed by atoms with Gasteiger partial charge in [0.1, 0.15) is 11.0 Å². The Balaban J connectivity index is 2.13. The molecule has 1 saturated carbocycles. The van der Waals surface area contributed by atoms with Gasteiger partial charge < -0.3 is 4.90 Å². The minimum atomic E-state index is 0.534. The van der Waals surface area contributed by atoms with E-state index in [9.17, 15) is 0 Å². The number of thioether (sulfide) groups is 1. The molecule has 94 valence electrons. The van der Waals surface area contributed by atoms with Crippen LogP contribution in [0.1, 0.15) is 26.2 Å². The standard InChI is InChI=1S/C12H18ClN3S/c1-3-16(8-9-5-4-6-9)11-7-10(13)14-12(15-11)17-2/h7,9H,3-6,8H2,1-2H3. The summed E-state index contributed by atoms with van der Waals surface area (Å²) in [6.45, 7) is 4.22. The van der Waals surface area contributed by atoms with Crippen LogP contribution in [0.2, 0.25) is 5.15 Å². The number of aromatic nitrogens is 2. The summed E-state index contributed by atoms with van der Waals surface area (Å²) >= 11 is 7.55. The van der Waals surface area contributed by atoms with Crippen LogP contribution >= 0.6 is 23.4 Å². The molecule has 0 N–H and O–H groups in total. The molecule has 0 aromatic carbocycles. The summed E-state index contributed by atoms with van der Waals surface area (Å²) < 4.78 is 0. The molecule has 0 saturated heterocycles. The molecule has 0 amide bonds. The predicted molar refractivity (Wildman–Crippen MR) is 74.1 cm³/mol. The van der Waals surface area contributed by atoms with Crippen molar-refractivity contribution in [1.29, 1.82) is 0 Å². The average Bonchev–Trinajstić information content (AvgIpc) is 2.27. The number of hydrogen-bond donors (Lipinski definition) is 0. The van der Waals surface area contributed by atoms with E-state index in [2.05, 4.69) is 21.8 Å². The van der Waals surface area contributed by atoms with E-state index in [0.29, 0.717) is 5.15 Å². The van der Waals surface area contributed by atoms with Crippen molar-refractivity contribution in [3.8, 4) is 0 Å². The first kappa shape index (κ1) is 13.0. The SMILES string of the molecule is CCN(CC1CCC1)c1cc(Cl)nc(SC)n1. The Kier molecular flexibility index (Phi) is 4.51. The van der Waals surface area contributed by atoms with Gasteiger partial charge in [-0.2, -0.15) is 0 Å². The van der Waals surface area contributed by atoms with Crippen LogP contribution in [0.25, 0.3) is 0 Å². The molecule has 0 atom stereocenters. The van der Waals surface area contributed by atoms with Crippen LogP contribution in [0, 0.1) is 5.92 Å². The molecule has 0 spiro atoms. The van der Waals surface area contributed by atoms with Crippen molar-refractivity contribution in [2.45, 2.75) is 31.3 Å². The summed E-state index contributed by atoms with van der Waals surface area (Å²) in [5, 5.41) is 1.28. The number of hydrogen-bond acceptors (Lipinski definition) is 4. The van der Waals surface area contributed by atoms with Crippen molar-refractivity contribution in [2.24, 2.45) is 5.92 Å². The maximum Gasteiger partial charge on any atom is 0.190 e. The smallest absolute Gasteiger partial charge is 0.190 e. The fraction of sp³-hybridized carbons (Fsp3) is 0.667. The topological polar surface area (TPSA) is 29.0 Å². The Bertz CT molecular complexity index is 382. The summed E-state index contributed by atoms with van der Waals surface area (Å²) in [5.74, 6) is 1.80. The second-order valence-electron chi connectivity index (χ2n) is 4.37. The molecule has 0 bridgehead atoms. The normalized spacial score (nSPS) is 15.7. The van der Waals surface area contributed by atoms with Crippen molar-refractivity contribution in [1.82, 2.24) is 9.97 Å². The summed E-state index contributed by atoms with van der Waals surface area (Å²) in [7, 11) is 0. The summed E-state index contributed by atoms with van der Waals surface area (Å²) in [4.78, 5) is 11.0. The Labute approximate surface area is 112 Å². The van der Waals surface area contributed by atoms with Crippen LogP contribution in [0.4, 0.5) is 5.82 Å². The number of anilines is 1. The van der Waals surface area contributed by atoms with Gasteiger partial charge in [-0.05, 0) is 31.9 Å². The predicted octanol–water partition coefficient (Wildman–Crippen LogP) is 3.48. The maximum absolute atomic E-state index is 6.02. The molecule has 1 aromatic heterocycles. The van der Waals surface area contributed by atoms with Crippen LogP contribution in [0.5, 0.6) is 0 Å². The molecule has 3 nitrogen and oxygen atoms in total. The molecule has 1 aromatic rings. The van der Waals surface area contributed by atoms with Crippen molar-refractivity contribution >= 4 is 29.2 Å². The first-order valence-electron chi connectivity index (χ1n) is 6.06. The van der Waals surface area contributed by atoms with Crippen LogP contribution in [-0.4, -0.2) is 29.3 Å². The number of rotatable bonds is 5. The van der Waals surface area contributed by atoms with Crippen LogP contribution in [-0.2, 0) is 0 Å². The molecule has 1 aliphatic carbocycles. The minimum absolute atomic E-state index is 0.534. The van der Waals surface area contributed by atoms with E-state index < -0.39 is 0 Å². The van der Waals surface area contributed by atoms with Crippen molar-refractivity contribution in [2.75, 3.05) is 24.2 Å². The molecule has 2 rings (SSSR count). The molecular formula is C12H18ClN3S. The van der Waals surface area contributed by atoms with E-state index in [1.807, 2.05) is 12.3 Å². The molecule has 1 heterocycles. The monoisotopic (exact) mass is 271 g/mol. The highest BCUT2D eigenvalue weighted by Gasteiger charge is 2.21. The van der Waals surface area contributed by atoms with Gasteiger partial charge in [0.2, 0.25) is 0 Å². The summed E-state index contributed by atoms with van der Waals surface area (Å²) in [6.07, 6.45) is 6.05. The Morgan fingerprint density at radius 1 is 1.47 bits per heavy atom. The lowest BCUT2D eigenvalue weighted by molar-refractivity contribution is 0.318. The zero-order valence-corrected chi connectivity index (χ0v) is 11.9. The van der Waals surface area contributed by atoms with Crippen molar-refractivity contribution < 1.29 is 0 Å². The molecule has 5 heteroatoms. The zero-order chi connectivity index (χ0) is 12.3. The van der Waals surface area contributed by atoms with E-state index in [0.717, 1.165) is 30.0 Å². The third kappa shape index (κ3) is 3.26. The zero-order valence-electron chi connectivity index (χ0n) is 10.3. The van der Waals surface area contributed by atoms with E-state index in [1.165, 1.54) is 31.0 Å². The third-order valence-corrected chi connectivity index (χ3v) is 3.99. The van der Waals surface area contributed by atoms with Gasteiger partial charge >= 0.3 is 0 Å². The largest absolute Gasteiger partial charge is 0.356 e. The highest BCUT2D eigenvalue weighted by Crippen LogP contribution is 2.29. The fourth-order valence-corrected chi connectivity index (χ4v) is 2.61. The number of nitrogens with zero attached hydrogens (tertiary/aromatic N) is 3. The van der Waals surface area contributed by atoms with E-state index in [-0.39, 0.29) is 0 Å². The van der Waals surface area contributed by atoms with Gasteiger partial charge in [0, 0.05) is 19.2 Å². The Morgan fingerprint density at radius 3 is 2.76 bits per heavy atom. The molecule has 0 unspecified atom stereocenters. The average molecular weight is 272 g/mol.